The maximum Gasteiger partial charge on any atom is 0.227 e. The Balaban J connectivity index is 1.60. The molecule has 0 bridgehead atoms. The fourth-order valence-corrected chi connectivity index (χ4v) is 2.73. The molecule has 3 aromatic rings. The van der Waals surface area contributed by atoms with Crippen LogP contribution in [0.1, 0.15) is 25.8 Å². The van der Waals surface area contributed by atoms with Crippen LogP contribution in [-0.2, 0) is 11.4 Å². The summed E-state index contributed by atoms with van der Waals surface area (Å²) in [7, 11) is 0. The summed E-state index contributed by atoms with van der Waals surface area (Å²) in [6, 6.07) is 26.1. The van der Waals surface area contributed by atoms with Crippen LogP contribution in [0.2, 0.25) is 0 Å². The lowest BCUT2D eigenvalue weighted by atomic mass is 10.1. The fourth-order valence-electron chi connectivity index (χ4n) is 2.73. The third-order valence-corrected chi connectivity index (χ3v) is 4.62. The highest BCUT2D eigenvalue weighted by Gasteiger charge is 2.10. The predicted octanol–water partition coefficient (Wildman–Crippen LogP) is 5.92. The van der Waals surface area contributed by atoms with Crippen LogP contribution >= 0.6 is 0 Å². The number of hydrogen-bond donors (Lipinski definition) is 1. The van der Waals surface area contributed by atoms with Gasteiger partial charge in [-0.25, -0.2) is 0 Å². The van der Waals surface area contributed by atoms with E-state index >= 15 is 0 Å². The molecule has 0 aromatic heterocycles. The predicted molar refractivity (Wildman–Crippen MR) is 111 cm³/mol. The number of nitrogens with one attached hydrogen (secondary N) is 1. The van der Waals surface area contributed by atoms with Crippen LogP contribution in [0.15, 0.2) is 78.9 Å². The highest BCUT2D eigenvalue weighted by Crippen LogP contribution is 2.23. The van der Waals surface area contributed by atoms with Crippen molar-refractivity contribution in [3.8, 4) is 16.9 Å². The zero-order chi connectivity index (χ0) is 19.1. The molecule has 0 spiro atoms. The molecule has 0 aliphatic heterocycles. The molecule has 27 heavy (non-hydrogen) atoms. The normalized spacial score (nSPS) is 11.6. The second kappa shape index (κ2) is 9.04. The van der Waals surface area contributed by atoms with E-state index < -0.39 is 0 Å². The van der Waals surface area contributed by atoms with Gasteiger partial charge in [0.1, 0.15) is 12.4 Å². The van der Waals surface area contributed by atoms with Gasteiger partial charge in [-0.15, -0.1) is 0 Å². The van der Waals surface area contributed by atoms with E-state index in [0.29, 0.717) is 6.61 Å². The van der Waals surface area contributed by atoms with Gasteiger partial charge in [-0.1, -0.05) is 68.4 Å². The quantitative estimate of drug-likeness (QED) is 0.569. The van der Waals surface area contributed by atoms with Crippen molar-refractivity contribution in [3.05, 3.63) is 84.4 Å². The van der Waals surface area contributed by atoms with Crippen molar-refractivity contribution in [2.24, 2.45) is 5.92 Å². The summed E-state index contributed by atoms with van der Waals surface area (Å²) >= 11 is 0. The molecule has 3 rings (SSSR count). The standard InChI is InChI=1S/C24H25NO2/c1-3-18(2)24(26)25-22-11-7-8-19(16-22)17-27-23-14-12-21(13-15-23)20-9-5-4-6-10-20/h4-16,18H,3,17H2,1-2H3,(H,25,26). The number of benzene rings is 3. The summed E-state index contributed by atoms with van der Waals surface area (Å²) in [5.74, 6) is 0.879. The van der Waals surface area contributed by atoms with Crippen LogP contribution in [0.3, 0.4) is 0 Å². The zero-order valence-electron chi connectivity index (χ0n) is 15.8. The first-order valence-electron chi connectivity index (χ1n) is 9.34. The van der Waals surface area contributed by atoms with Crippen molar-refractivity contribution in [1.29, 1.82) is 0 Å². The number of hydrogen-bond acceptors (Lipinski definition) is 2. The molecule has 0 fully saturated rings. The summed E-state index contributed by atoms with van der Waals surface area (Å²) in [5, 5.41) is 2.96. The largest absolute Gasteiger partial charge is 0.489 e. The van der Waals surface area contributed by atoms with E-state index in [2.05, 4.69) is 29.6 Å². The minimum Gasteiger partial charge on any atom is -0.489 e. The average molecular weight is 359 g/mol. The highest BCUT2D eigenvalue weighted by molar-refractivity contribution is 5.92. The number of ether oxygens (including phenoxy) is 1. The van der Waals surface area contributed by atoms with Crippen LogP contribution in [0.5, 0.6) is 5.75 Å². The molecule has 0 heterocycles. The number of carbonyl (C=O) groups is 1. The Morgan fingerprint density at radius 2 is 1.63 bits per heavy atom. The van der Waals surface area contributed by atoms with Gasteiger partial charge in [-0.05, 0) is 47.4 Å². The monoisotopic (exact) mass is 359 g/mol. The van der Waals surface area contributed by atoms with E-state index in [0.717, 1.165) is 29.0 Å². The van der Waals surface area contributed by atoms with Gasteiger partial charge < -0.3 is 10.1 Å². The molecule has 0 radical (unpaired) electrons. The third kappa shape index (κ3) is 5.20. The zero-order valence-corrected chi connectivity index (χ0v) is 15.8. The molecule has 1 unspecified atom stereocenters. The second-order valence-electron chi connectivity index (χ2n) is 6.68. The molecular weight excluding hydrogens is 334 g/mol. The smallest absolute Gasteiger partial charge is 0.227 e. The lowest BCUT2D eigenvalue weighted by Crippen LogP contribution is -2.19. The van der Waals surface area contributed by atoms with Gasteiger partial charge in [0.25, 0.3) is 0 Å². The number of amides is 1. The lowest BCUT2D eigenvalue weighted by molar-refractivity contribution is -0.119. The van der Waals surface area contributed by atoms with E-state index in [-0.39, 0.29) is 11.8 Å². The Bertz CT molecular complexity index is 872. The van der Waals surface area contributed by atoms with Crippen LogP contribution in [0.4, 0.5) is 5.69 Å². The van der Waals surface area contributed by atoms with Gasteiger partial charge in [0.2, 0.25) is 5.91 Å². The minimum absolute atomic E-state index is 0.00744. The molecule has 138 valence electrons. The van der Waals surface area contributed by atoms with Gasteiger partial charge >= 0.3 is 0 Å². The third-order valence-electron chi connectivity index (χ3n) is 4.62. The Morgan fingerprint density at radius 1 is 0.926 bits per heavy atom. The Kier molecular flexibility index (Phi) is 6.26. The van der Waals surface area contributed by atoms with Crippen LogP contribution in [-0.4, -0.2) is 5.91 Å². The summed E-state index contributed by atoms with van der Waals surface area (Å²) in [5.41, 5.74) is 4.18. The Labute approximate surface area is 161 Å². The van der Waals surface area contributed by atoms with Crippen molar-refractivity contribution >= 4 is 11.6 Å². The van der Waals surface area contributed by atoms with Crippen molar-refractivity contribution in [3.63, 3.8) is 0 Å². The topological polar surface area (TPSA) is 38.3 Å². The molecular formula is C24H25NO2. The molecule has 0 aliphatic carbocycles. The van der Waals surface area contributed by atoms with Crippen molar-refractivity contribution in [2.75, 3.05) is 5.32 Å². The first-order chi connectivity index (χ1) is 13.2. The van der Waals surface area contributed by atoms with Crippen molar-refractivity contribution < 1.29 is 9.53 Å². The second-order valence-corrected chi connectivity index (χ2v) is 6.68. The van der Waals surface area contributed by atoms with Gasteiger partial charge in [0.15, 0.2) is 0 Å². The Morgan fingerprint density at radius 3 is 2.33 bits per heavy atom. The van der Waals surface area contributed by atoms with Gasteiger partial charge in [-0.3, -0.25) is 4.79 Å². The maximum absolute atomic E-state index is 12.0. The van der Waals surface area contributed by atoms with Gasteiger partial charge in [-0.2, -0.15) is 0 Å². The van der Waals surface area contributed by atoms with Crippen molar-refractivity contribution in [2.45, 2.75) is 26.9 Å². The van der Waals surface area contributed by atoms with Crippen molar-refractivity contribution in [1.82, 2.24) is 0 Å². The number of carbonyl (C=O) groups excluding carboxylic acids is 1. The van der Waals surface area contributed by atoms with Crippen LogP contribution in [0.25, 0.3) is 11.1 Å². The molecule has 3 heteroatoms. The number of rotatable bonds is 7. The summed E-state index contributed by atoms with van der Waals surface area (Å²) in [4.78, 5) is 12.0. The Hall–Kier alpha value is -3.07. The van der Waals surface area contributed by atoms with E-state index in [1.807, 2.05) is 68.4 Å². The molecule has 0 saturated heterocycles. The van der Waals surface area contributed by atoms with E-state index in [1.54, 1.807) is 0 Å². The maximum atomic E-state index is 12.0. The fraction of sp³-hybridized carbons (Fsp3) is 0.208. The first-order valence-corrected chi connectivity index (χ1v) is 9.34. The summed E-state index contributed by atoms with van der Waals surface area (Å²) < 4.78 is 5.90. The minimum atomic E-state index is 0.00744. The van der Waals surface area contributed by atoms with Crippen LogP contribution < -0.4 is 10.1 Å². The molecule has 0 aliphatic rings. The average Bonchev–Trinajstić information content (AvgIpc) is 2.73. The summed E-state index contributed by atoms with van der Waals surface area (Å²) in [6.45, 7) is 4.40. The molecule has 3 nitrogen and oxygen atoms in total. The van der Waals surface area contributed by atoms with E-state index in [4.69, 9.17) is 4.74 Å². The molecule has 1 N–H and O–H groups in total. The SMILES string of the molecule is CCC(C)C(=O)Nc1cccc(COc2ccc(-c3ccccc3)cc2)c1. The van der Waals surface area contributed by atoms with E-state index in [1.165, 1.54) is 5.56 Å². The molecule has 3 aromatic carbocycles. The van der Waals surface area contributed by atoms with E-state index in [9.17, 15) is 4.79 Å². The van der Waals surface area contributed by atoms with Crippen LogP contribution in [0, 0.1) is 5.92 Å². The molecule has 0 saturated carbocycles. The molecule has 1 amide bonds. The number of anilines is 1. The van der Waals surface area contributed by atoms with Gasteiger partial charge in [0.05, 0.1) is 0 Å². The first kappa shape index (κ1) is 18.7. The summed E-state index contributed by atoms with van der Waals surface area (Å²) in [6.07, 6.45) is 0.827. The lowest BCUT2D eigenvalue weighted by Gasteiger charge is -2.12. The molecule has 1 atom stereocenters. The van der Waals surface area contributed by atoms with Gasteiger partial charge in [0, 0.05) is 11.6 Å². The highest BCUT2D eigenvalue weighted by atomic mass is 16.5.